The summed E-state index contributed by atoms with van der Waals surface area (Å²) in [5, 5.41) is 5.04. The predicted molar refractivity (Wildman–Crippen MR) is 75.9 cm³/mol. The van der Waals surface area contributed by atoms with Crippen molar-refractivity contribution in [3.05, 3.63) is 29.5 Å². The summed E-state index contributed by atoms with van der Waals surface area (Å²) in [7, 11) is 0. The third-order valence-corrected chi connectivity index (χ3v) is 3.68. The Hall–Kier alpha value is -1.31. The average molecular weight is 245 g/mol. The molecule has 0 N–H and O–H groups in total. The van der Waals surface area contributed by atoms with Gasteiger partial charge in [-0.3, -0.25) is 0 Å². The monoisotopic (exact) mass is 245 g/mol. The molecule has 0 amide bonds. The third-order valence-electron chi connectivity index (χ3n) is 3.68. The maximum Gasteiger partial charge on any atom is 0.169 e. The summed E-state index contributed by atoms with van der Waals surface area (Å²) in [6, 6.07) is 4.54. The summed E-state index contributed by atoms with van der Waals surface area (Å²) in [5.41, 5.74) is 3.60. The summed E-state index contributed by atoms with van der Waals surface area (Å²) in [4.78, 5) is 0. The number of nitrogens with zero attached hydrogens (tertiary/aromatic N) is 1. The lowest BCUT2D eigenvalue weighted by Crippen LogP contribution is -1.99. The minimum absolute atomic E-state index is 0.688. The van der Waals surface area contributed by atoms with Gasteiger partial charge in [0.2, 0.25) is 0 Å². The topological polar surface area (TPSA) is 26.0 Å². The van der Waals surface area contributed by atoms with Gasteiger partial charge in [-0.05, 0) is 42.9 Å². The lowest BCUT2D eigenvalue weighted by Gasteiger charge is -2.17. The van der Waals surface area contributed by atoms with E-state index in [0.29, 0.717) is 5.92 Å². The summed E-state index contributed by atoms with van der Waals surface area (Å²) in [5.74, 6) is 0.688. The van der Waals surface area contributed by atoms with Crippen LogP contribution in [0.3, 0.4) is 0 Å². The molecule has 2 aromatic rings. The smallest absolute Gasteiger partial charge is 0.169 e. The molecule has 0 aliphatic rings. The van der Waals surface area contributed by atoms with Crippen molar-refractivity contribution in [3.63, 3.8) is 0 Å². The standard InChI is InChI=1S/C16H23NO/c1-4-6-8-13(7-5-2)14-9-12(3)16-15(10-14)11-17-18-16/h9-11,13H,4-8H2,1-3H3. The van der Waals surface area contributed by atoms with Crippen molar-refractivity contribution >= 4 is 11.0 Å². The summed E-state index contributed by atoms with van der Waals surface area (Å²) >= 11 is 0. The van der Waals surface area contributed by atoms with E-state index in [1.54, 1.807) is 0 Å². The van der Waals surface area contributed by atoms with Crippen LogP contribution in [0.25, 0.3) is 11.0 Å². The first kappa shape index (κ1) is 13.1. The predicted octanol–water partition coefficient (Wildman–Crippen LogP) is 5.21. The first-order valence-corrected chi connectivity index (χ1v) is 7.11. The van der Waals surface area contributed by atoms with Crippen molar-refractivity contribution in [1.29, 1.82) is 0 Å². The van der Waals surface area contributed by atoms with Gasteiger partial charge >= 0.3 is 0 Å². The molecule has 1 heterocycles. The molecule has 1 aromatic heterocycles. The maximum atomic E-state index is 5.27. The van der Waals surface area contributed by atoms with Crippen LogP contribution in [0.4, 0.5) is 0 Å². The maximum absolute atomic E-state index is 5.27. The molecule has 2 rings (SSSR count). The third kappa shape index (κ3) is 2.74. The fourth-order valence-corrected chi connectivity index (χ4v) is 2.70. The minimum Gasteiger partial charge on any atom is -0.356 e. The molecule has 0 fully saturated rings. The van der Waals surface area contributed by atoms with E-state index in [4.69, 9.17) is 4.52 Å². The number of hydrogen-bond acceptors (Lipinski definition) is 2. The van der Waals surface area contributed by atoms with E-state index >= 15 is 0 Å². The molecule has 1 unspecified atom stereocenters. The molecular formula is C16H23NO. The molecular weight excluding hydrogens is 222 g/mol. The van der Waals surface area contributed by atoms with Crippen LogP contribution in [-0.2, 0) is 0 Å². The number of benzene rings is 1. The number of aryl methyl sites for hydroxylation is 1. The largest absolute Gasteiger partial charge is 0.356 e. The zero-order chi connectivity index (χ0) is 13.0. The summed E-state index contributed by atoms with van der Waals surface area (Å²) in [6.07, 6.45) is 8.22. The Bertz CT molecular complexity index is 501. The molecule has 18 heavy (non-hydrogen) atoms. The second-order valence-corrected chi connectivity index (χ2v) is 5.21. The second kappa shape index (κ2) is 6.03. The van der Waals surface area contributed by atoms with Gasteiger partial charge in [-0.1, -0.05) is 44.3 Å². The summed E-state index contributed by atoms with van der Waals surface area (Å²) in [6.45, 7) is 6.64. The van der Waals surface area contributed by atoms with Crippen molar-refractivity contribution < 1.29 is 4.52 Å². The van der Waals surface area contributed by atoms with Crippen LogP contribution in [0, 0.1) is 6.92 Å². The van der Waals surface area contributed by atoms with E-state index in [9.17, 15) is 0 Å². The lowest BCUT2D eigenvalue weighted by molar-refractivity contribution is 0.455. The van der Waals surface area contributed by atoms with Crippen molar-refractivity contribution in [2.24, 2.45) is 0 Å². The Morgan fingerprint density at radius 1 is 1.17 bits per heavy atom. The van der Waals surface area contributed by atoms with E-state index in [-0.39, 0.29) is 0 Å². The van der Waals surface area contributed by atoms with E-state index in [1.807, 2.05) is 6.20 Å². The Morgan fingerprint density at radius 2 is 2.00 bits per heavy atom. The van der Waals surface area contributed by atoms with Crippen molar-refractivity contribution in [2.45, 2.75) is 58.8 Å². The van der Waals surface area contributed by atoms with Gasteiger partial charge in [0, 0.05) is 5.39 Å². The molecule has 2 nitrogen and oxygen atoms in total. The van der Waals surface area contributed by atoms with Gasteiger partial charge in [-0.2, -0.15) is 0 Å². The average Bonchev–Trinajstić information content (AvgIpc) is 2.83. The van der Waals surface area contributed by atoms with Crippen LogP contribution in [-0.4, -0.2) is 5.16 Å². The van der Waals surface area contributed by atoms with Crippen molar-refractivity contribution in [3.8, 4) is 0 Å². The molecule has 98 valence electrons. The number of fused-ring (bicyclic) bond motifs is 1. The molecule has 0 saturated heterocycles. The van der Waals surface area contributed by atoms with Crippen LogP contribution >= 0.6 is 0 Å². The molecule has 1 atom stereocenters. The first-order valence-electron chi connectivity index (χ1n) is 7.11. The number of unbranched alkanes of at least 4 members (excludes halogenated alkanes) is 1. The Balaban J connectivity index is 2.30. The lowest BCUT2D eigenvalue weighted by atomic mass is 9.88. The Morgan fingerprint density at radius 3 is 2.72 bits per heavy atom. The van der Waals surface area contributed by atoms with Crippen LogP contribution in [0.5, 0.6) is 0 Å². The normalized spacial score (nSPS) is 13.1. The van der Waals surface area contributed by atoms with Gasteiger partial charge in [0.25, 0.3) is 0 Å². The summed E-state index contributed by atoms with van der Waals surface area (Å²) < 4.78 is 5.27. The minimum atomic E-state index is 0.688. The van der Waals surface area contributed by atoms with Gasteiger partial charge in [-0.15, -0.1) is 0 Å². The number of hydrogen-bond donors (Lipinski definition) is 0. The fraction of sp³-hybridized carbons (Fsp3) is 0.562. The van der Waals surface area contributed by atoms with Gasteiger partial charge in [0.1, 0.15) is 0 Å². The zero-order valence-electron chi connectivity index (χ0n) is 11.7. The van der Waals surface area contributed by atoms with Crippen LogP contribution in [0.1, 0.15) is 63.0 Å². The quantitative estimate of drug-likeness (QED) is 0.698. The van der Waals surface area contributed by atoms with Crippen LogP contribution in [0.2, 0.25) is 0 Å². The van der Waals surface area contributed by atoms with Gasteiger partial charge in [-0.25, -0.2) is 0 Å². The molecule has 0 spiro atoms. The van der Waals surface area contributed by atoms with Gasteiger partial charge in [0.05, 0.1) is 6.20 Å². The van der Waals surface area contributed by atoms with Gasteiger partial charge < -0.3 is 4.52 Å². The highest BCUT2D eigenvalue weighted by molar-refractivity contribution is 5.80. The number of rotatable bonds is 6. The molecule has 0 radical (unpaired) electrons. The van der Waals surface area contributed by atoms with E-state index in [1.165, 1.54) is 43.2 Å². The number of aromatic nitrogens is 1. The zero-order valence-corrected chi connectivity index (χ0v) is 11.7. The van der Waals surface area contributed by atoms with Gasteiger partial charge in [0.15, 0.2) is 5.58 Å². The highest BCUT2D eigenvalue weighted by Crippen LogP contribution is 2.31. The molecule has 0 bridgehead atoms. The Labute approximate surface area is 109 Å². The highest BCUT2D eigenvalue weighted by atomic mass is 16.5. The molecule has 0 aliphatic heterocycles. The molecule has 2 heteroatoms. The molecule has 1 aromatic carbocycles. The Kier molecular flexibility index (Phi) is 4.40. The second-order valence-electron chi connectivity index (χ2n) is 5.21. The highest BCUT2D eigenvalue weighted by Gasteiger charge is 2.13. The van der Waals surface area contributed by atoms with Crippen molar-refractivity contribution in [2.75, 3.05) is 0 Å². The van der Waals surface area contributed by atoms with Crippen LogP contribution in [0.15, 0.2) is 22.9 Å². The van der Waals surface area contributed by atoms with E-state index < -0.39 is 0 Å². The van der Waals surface area contributed by atoms with Crippen LogP contribution < -0.4 is 0 Å². The molecule has 0 aliphatic carbocycles. The SMILES string of the molecule is CCCCC(CCC)c1cc(C)c2oncc2c1. The van der Waals surface area contributed by atoms with E-state index in [2.05, 4.69) is 38.1 Å². The first-order chi connectivity index (χ1) is 8.76. The van der Waals surface area contributed by atoms with E-state index in [0.717, 1.165) is 11.0 Å². The van der Waals surface area contributed by atoms with Crippen molar-refractivity contribution in [1.82, 2.24) is 5.16 Å². The fourth-order valence-electron chi connectivity index (χ4n) is 2.70. The molecule has 0 saturated carbocycles.